The number of thiazole rings is 1. The summed E-state index contributed by atoms with van der Waals surface area (Å²) in [5, 5.41) is 3.72. The molecule has 1 aliphatic rings. The van der Waals surface area contributed by atoms with Crippen molar-refractivity contribution in [2.75, 3.05) is 23.3 Å². The number of anilines is 2. The molecule has 0 aliphatic carbocycles. The molecule has 27 heavy (non-hydrogen) atoms. The van der Waals surface area contributed by atoms with E-state index in [-0.39, 0.29) is 17.5 Å². The van der Waals surface area contributed by atoms with Crippen LogP contribution in [-0.4, -0.2) is 29.8 Å². The number of hydrogen-bond donors (Lipinski definition) is 1. The third kappa shape index (κ3) is 4.01. The van der Waals surface area contributed by atoms with Crippen molar-refractivity contribution < 1.29 is 14.0 Å². The maximum Gasteiger partial charge on any atom is 0.265 e. The number of hydrogen-bond acceptors (Lipinski definition) is 6. The van der Waals surface area contributed by atoms with Crippen molar-refractivity contribution in [1.29, 1.82) is 0 Å². The van der Waals surface area contributed by atoms with Gasteiger partial charge >= 0.3 is 0 Å². The maximum atomic E-state index is 13.0. The highest BCUT2D eigenvalue weighted by Crippen LogP contribution is 2.37. The molecule has 1 aromatic carbocycles. The number of thiophene rings is 1. The van der Waals surface area contributed by atoms with Crippen LogP contribution in [0.3, 0.4) is 0 Å². The van der Waals surface area contributed by atoms with Crippen LogP contribution in [-0.2, 0) is 4.79 Å². The van der Waals surface area contributed by atoms with Gasteiger partial charge in [-0.2, -0.15) is 0 Å². The van der Waals surface area contributed by atoms with Gasteiger partial charge in [0.05, 0.1) is 9.58 Å². The van der Waals surface area contributed by atoms with Crippen LogP contribution in [0.15, 0.2) is 30.3 Å². The Morgan fingerprint density at radius 2 is 2.07 bits per heavy atom. The van der Waals surface area contributed by atoms with Gasteiger partial charge in [0.15, 0.2) is 5.13 Å². The number of rotatable bonds is 5. The number of benzene rings is 1. The number of carbonyl (C=O) groups excluding carboxylic acids is 2. The lowest BCUT2D eigenvalue weighted by Gasteiger charge is -2.14. The van der Waals surface area contributed by atoms with Gasteiger partial charge in [0.25, 0.3) is 5.91 Å². The first-order valence-electron chi connectivity index (χ1n) is 8.69. The summed E-state index contributed by atoms with van der Waals surface area (Å²) in [6.45, 7) is 3.41. The van der Waals surface area contributed by atoms with Crippen molar-refractivity contribution in [3.8, 4) is 0 Å². The first kappa shape index (κ1) is 18.1. The Balaban J connectivity index is 1.45. The molecule has 8 heteroatoms. The summed E-state index contributed by atoms with van der Waals surface area (Å²) in [6, 6.07) is 7.54. The van der Waals surface area contributed by atoms with Gasteiger partial charge in [0, 0.05) is 25.2 Å². The maximum absolute atomic E-state index is 13.0. The van der Waals surface area contributed by atoms with Crippen molar-refractivity contribution in [2.24, 2.45) is 5.92 Å². The van der Waals surface area contributed by atoms with Gasteiger partial charge in [-0.1, -0.05) is 11.3 Å². The van der Waals surface area contributed by atoms with Crippen LogP contribution < -0.4 is 10.2 Å². The molecule has 1 saturated heterocycles. The zero-order valence-corrected chi connectivity index (χ0v) is 16.3. The summed E-state index contributed by atoms with van der Waals surface area (Å²) in [6.07, 6.45) is 1.64. The van der Waals surface area contributed by atoms with E-state index in [2.05, 4.69) is 15.2 Å². The zero-order chi connectivity index (χ0) is 19.0. The molecule has 3 heterocycles. The standard InChI is InChI=1S/C19H18FN3O2S2/c1-11(24)8-12-6-7-23(10-12)19-22-18-16(27-19)9-15(26-18)17(25)21-14-4-2-13(20)3-5-14/h2-5,9,12H,6-8,10H2,1H3,(H,21,25). The Morgan fingerprint density at radius 1 is 1.30 bits per heavy atom. The van der Waals surface area contributed by atoms with E-state index in [1.165, 1.54) is 35.6 Å². The highest BCUT2D eigenvalue weighted by atomic mass is 32.1. The summed E-state index contributed by atoms with van der Waals surface area (Å²) in [5.41, 5.74) is 0.556. The predicted octanol–water partition coefficient (Wildman–Crippen LogP) is 4.55. The van der Waals surface area contributed by atoms with E-state index in [0.29, 0.717) is 22.9 Å². The lowest BCUT2D eigenvalue weighted by molar-refractivity contribution is -0.117. The molecule has 1 N–H and O–H groups in total. The lowest BCUT2D eigenvalue weighted by atomic mass is 10.0. The van der Waals surface area contributed by atoms with E-state index in [4.69, 9.17) is 0 Å². The van der Waals surface area contributed by atoms with Crippen molar-refractivity contribution >= 4 is 54.7 Å². The van der Waals surface area contributed by atoms with Crippen LogP contribution in [0.1, 0.15) is 29.4 Å². The normalized spacial score (nSPS) is 16.8. The SMILES string of the molecule is CC(=O)CC1CCN(c2nc3sc(C(=O)Nc4ccc(F)cc4)cc3s2)C1. The zero-order valence-electron chi connectivity index (χ0n) is 14.7. The first-order valence-corrected chi connectivity index (χ1v) is 10.3. The number of amides is 1. The third-order valence-corrected chi connectivity index (χ3v) is 6.76. The van der Waals surface area contributed by atoms with E-state index in [9.17, 15) is 14.0 Å². The Hall–Kier alpha value is -2.32. The number of carbonyl (C=O) groups is 2. The van der Waals surface area contributed by atoms with E-state index in [1.807, 2.05) is 6.07 Å². The average Bonchev–Trinajstić information content (AvgIpc) is 3.30. The Bertz CT molecular complexity index is 965. The minimum absolute atomic E-state index is 0.221. The molecule has 3 aromatic rings. The average molecular weight is 404 g/mol. The summed E-state index contributed by atoms with van der Waals surface area (Å²) in [4.78, 5) is 32.0. The van der Waals surface area contributed by atoms with Gasteiger partial charge in [-0.3, -0.25) is 4.79 Å². The first-order chi connectivity index (χ1) is 13.0. The van der Waals surface area contributed by atoms with Gasteiger partial charge < -0.3 is 15.0 Å². The van der Waals surface area contributed by atoms with Crippen LogP contribution >= 0.6 is 22.7 Å². The molecular weight excluding hydrogens is 385 g/mol. The summed E-state index contributed by atoms with van der Waals surface area (Å²) >= 11 is 2.92. The summed E-state index contributed by atoms with van der Waals surface area (Å²) < 4.78 is 13.9. The quantitative estimate of drug-likeness (QED) is 0.679. The van der Waals surface area contributed by atoms with E-state index < -0.39 is 0 Å². The largest absolute Gasteiger partial charge is 0.348 e. The van der Waals surface area contributed by atoms with Gasteiger partial charge in [-0.25, -0.2) is 9.37 Å². The molecule has 0 radical (unpaired) electrons. The number of nitrogens with one attached hydrogen (secondary N) is 1. The van der Waals surface area contributed by atoms with Gasteiger partial charge in [0.1, 0.15) is 16.4 Å². The fraction of sp³-hybridized carbons (Fsp3) is 0.316. The highest BCUT2D eigenvalue weighted by Gasteiger charge is 2.26. The van der Waals surface area contributed by atoms with Crippen LogP contribution in [0.4, 0.5) is 15.2 Å². The Labute approximate surface area is 163 Å². The van der Waals surface area contributed by atoms with Crippen molar-refractivity contribution in [3.63, 3.8) is 0 Å². The van der Waals surface area contributed by atoms with Crippen LogP contribution in [0.5, 0.6) is 0 Å². The van der Waals surface area contributed by atoms with Gasteiger partial charge in [-0.15, -0.1) is 11.3 Å². The number of fused-ring (bicyclic) bond motifs is 1. The summed E-state index contributed by atoms with van der Waals surface area (Å²) in [7, 11) is 0. The predicted molar refractivity (Wildman–Crippen MR) is 107 cm³/mol. The minimum Gasteiger partial charge on any atom is -0.348 e. The van der Waals surface area contributed by atoms with E-state index in [1.54, 1.807) is 18.3 Å². The molecular formula is C19H18FN3O2S2. The lowest BCUT2D eigenvalue weighted by Crippen LogP contribution is -2.19. The third-order valence-electron chi connectivity index (χ3n) is 4.54. The molecule has 2 aromatic heterocycles. The molecule has 0 bridgehead atoms. The topological polar surface area (TPSA) is 62.3 Å². The van der Waals surface area contributed by atoms with Crippen molar-refractivity contribution in [1.82, 2.24) is 4.98 Å². The van der Waals surface area contributed by atoms with Crippen LogP contribution in [0.25, 0.3) is 9.53 Å². The highest BCUT2D eigenvalue weighted by molar-refractivity contribution is 7.29. The fourth-order valence-electron chi connectivity index (χ4n) is 3.28. The van der Waals surface area contributed by atoms with E-state index in [0.717, 1.165) is 34.2 Å². The number of Topliss-reactive ketones (excluding diaryl/α,β-unsaturated/α-hetero) is 1. The number of nitrogens with zero attached hydrogens (tertiary/aromatic N) is 2. The molecule has 1 fully saturated rings. The monoisotopic (exact) mass is 403 g/mol. The van der Waals surface area contributed by atoms with Crippen molar-refractivity contribution in [2.45, 2.75) is 19.8 Å². The van der Waals surface area contributed by atoms with E-state index >= 15 is 0 Å². The smallest absolute Gasteiger partial charge is 0.265 e. The fourth-order valence-corrected chi connectivity index (χ4v) is 5.42. The molecule has 1 unspecified atom stereocenters. The molecule has 1 atom stereocenters. The molecule has 0 spiro atoms. The molecule has 1 aliphatic heterocycles. The second-order valence-corrected chi connectivity index (χ2v) is 8.78. The molecule has 140 valence electrons. The Kier molecular flexibility index (Phi) is 4.92. The number of aromatic nitrogens is 1. The van der Waals surface area contributed by atoms with Crippen molar-refractivity contribution in [3.05, 3.63) is 41.0 Å². The van der Waals surface area contributed by atoms with Crippen LogP contribution in [0, 0.1) is 11.7 Å². The van der Waals surface area contributed by atoms with Crippen LogP contribution in [0.2, 0.25) is 0 Å². The second kappa shape index (κ2) is 7.36. The minimum atomic E-state index is -0.339. The molecule has 5 nitrogen and oxygen atoms in total. The molecule has 4 rings (SSSR count). The molecule has 1 amide bonds. The number of halogens is 1. The molecule has 0 saturated carbocycles. The van der Waals surface area contributed by atoms with Gasteiger partial charge in [-0.05, 0) is 49.6 Å². The Morgan fingerprint density at radius 3 is 2.78 bits per heavy atom. The number of ketones is 1. The second-order valence-electron chi connectivity index (χ2n) is 6.74. The summed E-state index contributed by atoms with van der Waals surface area (Å²) in [5.74, 6) is 0.0788. The van der Waals surface area contributed by atoms with Gasteiger partial charge in [0.2, 0.25) is 0 Å².